The number of ether oxygens (including phenoxy) is 2. The first-order valence-electron chi connectivity index (χ1n) is 6.61. The summed E-state index contributed by atoms with van der Waals surface area (Å²) in [5.74, 6) is -1.43. The lowest BCUT2D eigenvalue weighted by atomic mass is 10.0. The summed E-state index contributed by atoms with van der Waals surface area (Å²) in [5.41, 5.74) is 0.291. The molecule has 0 saturated carbocycles. The minimum Gasteiger partial charge on any atom is -0.496 e. The summed E-state index contributed by atoms with van der Waals surface area (Å²) in [7, 11) is 1.49. The van der Waals surface area contributed by atoms with Crippen molar-refractivity contribution in [1.29, 1.82) is 0 Å². The lowest BCUT2D eigenvalue weighted by Crippen LogP contribution is -2.38. The van der Waals surface area contributed by atoms with Gasteiger partial charge < -0.3 is 19.7 Å². The van der Waals surface area contributed by atoms with Gasteiger partial charge in [0.15, 0.2) is 5.60 Å². The van der Waals surface area contributed by atoms with Crippen molar-refractivity contribution in [3.63, 3.8) is 0 Å². The third kappa shape index (κ3) is 4.00. The summed E-state index contributed by atoms with van der Waals surface area (Å²) < 4.78 is 10.8. The fraction of sp³-hybridized carbons (Fsp3) is 0.375. The average Bonchev–Trinajstić information content (AvgIpc) is 2.38. The van der Waals surface area contributed by atoms with E-state index in [-0.39, 0.29) is 5.75 Å². The summed E-state index contributed by atoms with van der Waals surface area (Å²) in [4.78, 5) is 22.1. The van der Waals surface area contributed by atoms with Crippen molar-refractivity contribution >= 4 is 17.5 Å². The number of aryl methyl sites for hydroxylation is 1. The van der Waals surface area contributed by atoms with E-state index in [1.165, 1.54) is 21.0 Å². The summed E-state index contributed by atoms with van der Waals surface area (Å²) >= 11 is 0. The van der Waals surface area contributed by atoms with Crippen molar-refractivity contribution in [2.24, 2.45) is 0 Å². The highest BCUT2D eigenvalue weighted by molar-refractivity contribution is 5.90. The summed E-state index contributed by atoms with van der Waals surface area (Å²) in [6, 6.07) is 3.27. The van der Waals surface area contributed by atoms with Gasteiger partial charge in [-0.3, -0.25) is 0 Å². The van der Waals surface area contributed by atoms with Gasteiger partial charge in [0.2, 0.25) is 0 Å². The van der Waals surface area contributed by atoms with Crippen LogP contribution in [0, 0.1) is 6.92 Å². The topological polar surface area (TPSA) is 93.1 Å². The number of methoxy groups -OCH3 is 1. The van der Waals surface area contributed by atoms with Crippen molar-refractivity contribution < 1.29 is 29.3 Å². The minimum atomic E-state index is -1.46. The molecule has 0 bridgehead atoms. The Balaban J connectivity index is 3.45. The van der Waals surface area contributed by atoms with E-state index in [4.69, 9.17) is 14.6 Å². The quantitative estimate of drug-likeness (QED) is 0.785. The van der Waals surface area contributed by atoms with E-state index >= 15 is 0 Å². The molecular weight excluding hydrogens is 288 g/mol. The molecule has 0 amide bonds. The second kappa shape index (κ2) is 6.51. The van der Waals surface area contributed by atoms with Crippen LogP contribution in [-0.2, 0) is 9.59 Å². The van der Waals surface area contributed by atoms with Crippen LogP contribution in [-0.4, -0.2) is 34.9 Å². The van der Waals surface area contributed by atoms with Crippen molar-refractivity contribution in [2.45, 2.75) is 33.3 Å². The molecule has 0 heterocycles. The predicted molar refractivity (Wildman–Crippen MR) is 81.4 cm³/mol. The van der Waals surface area contributed by atoms with Gasteiger partial charge >= 0.3 is 11.9 Å². The van der Waals surface area contributed by atoms with Gasteiger partial charge in [-0.2, -0.15) is 0 Å². The molecule has 0 unspecified atom stereocenters. The Bertz CT molecular complexity index is 628. The smallest absolute Gasteiger partial charge is 0.347 e. The standard InChI is InChI=1S/C16H20O6/c1-9(7-14(17)18)11-6-10(2)12(21-5)8-13(11)22-16(3,4)15(19)20/h6-8H,1-5H3,(H,17,18)(H,19,20)/b9-7+. The van der Waals surface area contributed by atoms with Gasteiger partial charge in [-0.25, -0.2) is 9.59 Å². The monoisotopic (exact) mass is 308 g/mol. The highest BCUT2D eigenvalue weighted by atomic mass is 16.5. The normalized spacial score (nSPS) is 12.0. The molecule has 0 saturated heterocycles. The van der Waals surface area contributed by atoms with Crippen LogP contribution in [0.3, 0.4) is 0 Å². The average molecular weight is 308 g/mol. The Morgan fingerprint density at radius 2 is 1.77 bits per heavy atom. The van der Waals surface area contributed by atoms with E-state index in [0.717, 1.165) is 11.6 Å². The molecular formula is C16H20O6. The van der Waals surface area contributed by atoms with E-state index in [1.807, 2.05) is 6.92 Å². The highest BCUT2D eigenvalue weighted by Crippen LogP contribution is 2.35. The van der Waals surface area contributed by atoms with E-state index in [2.05, 4.69) is 0 Å². The van der Waals surface area contributed by atoms with Crippen LogP contribution in [0.1, 0.15) is 31.9 Å². The number of hydrogen-bond donors (Lipinski definition) is 2. The second-order valence-electron chi connectivity index (χ2n) is 5.40. The molecule has 2 N–H and O–H groups in total. The maximum absolute atomic E-state index is 11.2. The van der Waals surface area contributed by atoms with Gasteiger partial charge in [0.25, 0.3) is 0 Å². The lowest BCUT2D eigenvalue weighted by molar-refractivity contribution is -0.152. The first-order valence-corrected chi connectivity index (χ1v) is 6.61. The molecule has 6 heteroatoms. The van der Waals surface area contributed by atoms with E-state index in [9.17, 15) is 14.7 Å². The Hall–Kier alpha value is -2.50. The Kier molecular flexibility index (Phi) is 5.19. The first-order chi connectivity index (χ1) is 10.1. The van der Waals surface area contributed by atoms with E-state index < -0.39 is 17.5 Å². The van der Waals surface area contributed by atoms with Crippen molar-refractivity contribution in [3.05, 3.63) is 29.3 Å². The third-order valence-electron chi connectivity index (χ3n) is 3.14. The molecule has 1 aromatic rings. The molecule has 120 valence electrons. The van der Waals surface area contributed by atoms with Gasteiger partial charge in [-0.1, -0.05) is 0 Å². The number of rotatable bonds is 6. The lowest BCUT2D eigenvalue weighted by Gasteiger charge is -2.24. The van der Waals surface area contributed by atoms with Gasteiger partial charge in [0, 0.05) is 17.7 Å². The van der Waals surface area contributed by atoms with Crippen molar-refractivity contribution in [2.75, 3.05) is 7.11 Å². The number of benzene rings is 1. The maximum atomic E-state index is 11.2. The summed E-state index contributed by atoms with van der Waals surface area (Å²) in [6.45, 7) is 6.27. The molecule has 0 aliphatic heterocycles. The summed E-state index contributed by atoms with van der Waals surface area (Å²) in [5, 5.41) is 18.1. The molecule has 1 rings (SSSR count). The second-order valence-corrected chi connectivity index (χ2v) is 5.40. The highest BCUT2D eigenvalue weighted by Gasteiger charge is 2.30. The molecule has 1 aromatic carbocycles. The molecule has 0 radical (unpaired) electrons. The molecule has 0 atom stereocenters. The number of allylic oxidation sites excluding steroid dienone is 1. The predicted octanol–water partition coefficient (Wildman–Crippen LogP) is 2.73. The van der Waals surface area contributed by atoms with Crippen LogP contribution in [0.5, 0.6) is 11.5 Å². The van der Waals surface area contributed by atoms with Crippen LogP contribution < -0.4 is 9.47 Å². The third-order valence-corrected chi connectivity index (χ3v) is 3.14. The zero-order valence-electron chi connectivity index (χ0n) is 13.3. The number of aliphatic carboxylic acids is 2. The van der Waals surface area contributed by atoms with Gasteiger partial charge in [0.05, 0.1) is 7.11 Å². The molecule has 0 aliphatic rings. The number of carbonyl (C=O) groups is 2. The first kappa shape index (κ1) is 17.6. The van der Waals surface area contributed by atoms with Gasteiger partial charge in [-0.15, -0.1) is 0 Å². The minimum absolute atomic E-state index is 0.254. The maximum Gasteiger partial charge on any atom is 0.347 e. The zero-order valence-corrected chi connectivity index (χ0v) is 13.3. The molecule has 0 fully saturated rings. The van der Waals surface area contributed by atoms with Crippen LogP contribution in [0.15, 0.2) is 18.2 Å². The van der Waals surface area contributed by atoms with Gasteiger partial charge in [-0.05, 0) is 44.9 Å². The van der Waals surface area contributed by atoms with Crippen LogP contribution in [0.4, 0.5) is 0 Å². The SMILES string of the molecule is COc1cc(OC(C)(C)C(=O)O)c(/C(C)=C/C(=O)O)cc1C. The number of hydrogen-bond acceptors (Lipinski definition) is 4. The van der Waals surface area contributed by atoms with Crippen molar-refractivity contribution in [3.8, 4) is 11.5 Å². The van der Waals surface area contributed by atoms with E-state index in [1.54, 1.807) is 19.1 Å². The molecule has 6 nitrogen and oxygen atoms in total. The fourth-order valence-corrected chi connectivity index (χ4v) is 1.86. The van der Waals surface area contributed by atoms with Crippen LogP contribution >= 0.6 is 0 Å². The largest absolute Gasteiger partial charge is 0.496 e. The summed E-state index contributed by atoms with van der Waals surface area (Å²) in [6.07, 6.45) is 1.04. The molecule has 0 aliphatic carbocycles. The van der Waals surface area contributed by atoms with Crippen LogP contribution in [0.2, 0.25) is 0 Å². The van der Waals surface area contributed by atoms with Crippen molar-refractivity contribution in [1.82, 2.24) is 0 Å². The number of carboxylic acids is 2. The number of carboxylic acid groups (broad SMARTS) is 2. The van der Waals surface area contributed by atoms with E-state index in [0.29, 0.717) is 16.9 Å². The molecule has 0 aromatic heterocycles. The van der Waals surface area contributed by atoms with Crippen LogP contribution in [0.25, 0.3) is 5.57 Å². The molecule has 22 heavy (non-hydrogen) atoms. The fourth-order valence-electron chi connectivity index (χ4n) is 1.86. The van der Waals surface area contributed by atoms with Gasteiger partial charge in [0.1, 0.15) is 11.5 Å². The molecule has 0 spiro atoms. The zero-order chi connectivity index (χ0) is 17.1. The Morgan fingerprint density at radius 1 is 1.18 bits per heavy atom. The Labute approximate surface area is 129 Å². The Morgan fingerprint density at radius 3 is 2.23 bits per heavy atom.